The van der Waals surface area contributed by atoms with E-state index < -0.39 is 0 Å². The van der Waals surface area contributed by atoms with Crippen molar-refractivity contribution in [3.8, 4) is 0 Å². The van der Waals surface area contributed by atoms with Crippen molar-refractivity contribution in [2.75, 3.05) is 10.6 Å². The minimum atomic E-state index is 0.529. The topological polar surface area (TPSA) is 52.7 Å². The molecule has 0 fully saturated rings. The largest absolute Gasteiger partial charge is 0.339 e. The highest BCUT2D eigenvalue weighted by atomic mass is 35.5. The van der Waals surface area contributed by atoms with Crippen LogP contribution in [0.1, 0.15) is 11.1 Å². The first-order chi connectivity index (χ1) is 10.6. The molecule has 3 rings (SSSR count). The second-order valence-electron chi connectivity index (χ2n) is 5.24. The van der Waals surface area contributed by atoms with Gasteiger partial charge >= 0.3 is 0 Å². The molecule has 0 bridgehead atoms. The Balaban J connectivity index is 1.76. The predicted octanol–water partition coefficient (Wildman–Crippen LogP) is 5.17. The molecule has 0 aliphatic heterocycles. The van der Waals surface area contributed by atoms with Crippen LogP contribution in [0.5, 0.6) is 0 Å². The zero-order valence-corrected chi connectivity index (χ0v) is 13.2. The molecule has 5 heteroatoms. The Kier molecular flexibility index (Phi) is 4.02. The van der Waals surface area contributed by atoms with Crippen LogP contribution in [-0.4, -0.2) is 10.2 Å². The molecule has 0 aliphatic rings. The molecule has 0 atom stereocenters. The van der Waals surface area contributed by atoms with Crippen molar-refractivity contribution in [3.05, 3.63) is 64.7 Å². The molecule has 1 heterocycles. The number of aromatic amines is 1. The number of aryl methyl sites for hydroxylation is 2. The van der Waals surface area contributed by atoms with Gasteiger partial charge in [0.2, 0.25) is 0 Å². The predicted molar refractivity (Wildman–Crippen MR) is 92.5 cm³/mol. The van der Waals surface area contributed by atoms with E-state index in [1.54, 1.807) is 0 Å². The number of anilines is 4. The van der Waals surface area contributed by atoms with Gasteiger partial charge in [-0.05, 0) is 38.1 Å². The van der Waals surface area contributed by atoms with E-state index in [0.29, 0.717) is 16.7 Å². The van der Waals surface area contributed by atoms with Gasteiger partial charge in [-0.25, -0.2) is 0 Å². The molecule has 2 aromatic carbocycles. The highest BCUT2D eigenvalue weighted by molar-refractivity contribution is 6.35. The lowest BCUT2D eigenvalue weighted by Crippen LogP contribution is -1.92. The Morgan fingerprint density at radius 1 is 0.818 bits per heavy atom. The Bertz CT molecular complexity index is 695. The van der Waals surface area contributed by atoms with E-state index in [0.717, 1.165) is 11.4 Å². The van der Waals surface area contributed by atoms with E-state index in [4.69, 9.17) is 11.6 Å². The number of nitrogens with one attached hydrogen (secondary N) is 3. The molecule has 4 nitrogen and oxygen atoms in total. The molecular formula is C17H17ClN4. The molecule has 1 aromatic heterocycles. The molecule has 3 aromatic rings. The van der Waals surface area contributed by atoms with Crippen LogP contribution in [0.4, 0.5) is 23.0 Å². The summed E-state index contributed by atoms with van der Waals surface area (Å²) in [7, 11) is 0. The van der Waals surface area contributed by atoms with Crippen LogP contribution >= 0.6 is 11.6 Å². The Hall–Kier alpha value is -2.46. The number of H-pyrrole nitrogens is 1. The van der Waals surface area contributed by atoms with Gasteiger partial charge in [-0.3, -0.25) is 5.10 Å². The number of hydrogen-bond acceptors (Lipinski definition) is 3. The monoisotopic (exact) mass is 312 g/mol. The maximum absolute atomic E-state index is 6.37. The summed E-state index contributed by atoms with van der Waals surface area (Å²) in [6.07, 6.45) is 0. The van der Waals surface area contributed by atoms with Crippen molar-refractivity contribution < 1.29 is 0 Å². The van der Waals surface area contributed by atoms with Crippen LogP contribution in [0.25, 0.3) is 0 Å². The minimum Gasteiger partial charge on any atom is -0.339 e. The standard InChI is InChI=1S/C17H17ClN4/c1-11-3-7-13(8-4-11)19-16-15(18)17(22-21-16)20-14-9-5-12(2)6-10-14/h3-10H,1-2H3,(H3,19,20,21,22). The van der Waals surface area contributed by atoms with E-state index >= 15 is 0 Å². The van der Waals surface area contributed by atoms with Gasteiger partial charge in [0.25, 0.3) is 0 Å². The van der Waals surface area contributed by atoms with Crippen LogP contribution in [0, 0.1) is 13.8 Å². The van der Waals surface area contributed by atoms with Crippen molar-refractivity contribution in [1.29, 1.82) is 0 Å². The molecule has 0 unspecified atom stereocenters. The summed E-state index contributed by atoms with van der Waals surface area (Å²) in [4.78, 5) is 0. The van der Waals surface area contributed by atoms with Crippen molar-refractivity contribution in [3.63, 3.8) is 0 Å². The number of hydrogen-bond donors (Lipinski definition) is 3. The highest BCUT2D eigenvalue weighted by Crippen LogP contribution is 2.31. The van der Waals surface area contributed by atoms with E-state index in [9.17, 15) is 0 Å². The van der Waals surface area contributed by atoms with Gasteiger partial charge in [0.1, 0.15) is 10.8 Å². The molecule has 3 N–H and O–H groups in total. The lowest BCUT2D eigenvalue weighted by Gasteiger charge is -2.06. The average Bonchev–Trinajstić information content (AvgIpc) is 2.85. The Morgan fingerprint density at radius 3 is 1.86 bits per heavy atom. The van der Waals surface area contributed by atoms with Gasteiger partial charge < -0.3 is 10.6 Å². The number of nitrogens with zero attached hydrogens (tertiary/aromatic N) is 1. The number of halogens is 1. The van der Waals surface area contributed by atoms with E-state index in [-0.39, 0.29) is 0 Å². The number of aromatic nitrogens is 2. The summed E-state index contributed by atoms with van der Waals surface area (Å²) >= 11 is 6.37. The van der Waals surface area contributed by atoms with Crippen LogP contribution < -0.4 is 10.6 Å². The van der Waals surface area contributed by atoms with E-state index in [2.05, 4.69) is 34.7 Å². The molecule has 22 heavy (non-hydrogen) atoms. The minimum absolute atomic E-state index is 0.529. The lowest BCUT2D eigenvalue weighted by molar-refractivity contribution is 1.09. The van der Waals surface area contributed by atoms with Gasteiger partial charge in [-0.1, -0.05) is 47.0 Å². The highest BCUT2D eigenvalue weighted by Gasteiger charge is 2.11. The second kappa shape index (κ2) is 6.12. The quantitative estimate of drug-likeness (QED) is 0.623. The van der Waals surface area contributed by atoms with Gasteiger partial charge in [-0.15, -0.1) is 0 Å². The van der Waals surface area contributed by atoms with Crippen molar-refractivity contribution in [2.45, 2.75) is 13.8 Å². The summed E-state index contributed by atoms with van der Waals surface area (Å²) in [6, 6.07) is 16.1. The van der Waals surface area contributed by atoms with E-state index in [1.807, 2.05) is 48.5 Å². The molecule has 0 spiro atoms. The summed E-state index contributed by atoms with van der Waals surface area (Å²) in [5.74, 6) is 1.26. The van der Waals surface area contributed by atoms with Crippen LogP contribution in [0.15, 0.2) is 48.5 Å². The summed E-state index contributed by atoms with van der Waals surface area (Å²) in [6.45, 7) is 4.10. The zero-order valence-electron chi connectivity index (χ0n) is 12.4. The molecule has 0 amide bonds. The molecular weight excluding hydrogens is 296 g/mol. The summed E-state index contributed by atoms with van der Waals surface area (Å²) in [5.41, 5.74) is 4.32. The first-order valence-corrected chi connectivity index (χ1v) is 7.41. The lowest BCUT2D eigenvalue weighted by atomic mass is 10.2. The maximum atomic E-state index is 6.37. The maximum Gasteiger partial charge on any atom is 0.173 e. The van der Waals surface area contributed by atoms with Crippen molar-refractivity contribution in [1.82, 2.24) is 10.2 Å². The fourth-order valence-electron chi connectivity index (χ4n) is 2.05. The first kappa shape index (κ1) is 14.5. The third-order valence-electron chi connectivity index (χ3n) is 3.34. The SMILES string of the molecule is Cc1ccc(Nc2n[nH]c(Nc3ccc(C)cc3)c2Cl)cc1. The Morgan fingerprint density at radius 2 is 1.32 bits per heavy atom. The summed E-state index contributed by atoms with van der Waals surface area (Å²) in [5, 5.41) is 14.1. The van der Waals surface area contributed by atoms with Gasteiger partial charge in [-0.2, -0.15) is 5.10 Å². The molecule has 0 saturated heterocycles. The van der Waals surface area contributed by atoms with Gasteiger partial charge in [0.05, 0.1) is 0 Å². The van der Waals surface area contributed by atoms with Crippen LogP contribution in [0.3, 0.4) is 0 Å². The molecule has 0 radical (unpaired) electrons. The second-order valence-corrected chi connectivity index (χ2v) is 5.62. The van der Waals surface area contributed by atoms with Crippen molar-refractivity contribution in [2.24, 2.45) is 0 Å². The number of benzene rings is 2. The van der Waals surface area contributed by atoms with Crippen LogP contribution in [0.2, 0.25) is 5.02 Å². The fraction of sp³-hybridized carbons (Fsp3) is 0.118. The fourth-order valence-corrected chi connectivity index (χ4v) is 2.23. The summed E-state index contributed by atoms with van der Waals surface area (Å²) < 4.78 is 0. The van der Waals surface area contributed by atoms with Crippen LogP contribution in [-0.2, 0) is 0 Å². The normalized spacial score (nSPS) is 10.5. The molecule has 0 saturated carbocycles. The first-order valence-electron chi connectivity index (χ1n) is 7.03. The molecule has 0 aliphatic carbocycles. The number of rotatable bonds is 4. The van der Waals surface area contributed by atoms with Gasteiger partial charge in [0.15, 0.2) is 5.82 Å². The third kappa shape index (κ3) is 3.23. The van der Waals surface area contributed by atoms with Crippen molar-refractivity contribution >= 4 is 34.6 Å². The third-order valence-corrected chi connectivity index (χ3v) is 3.71. The Labute approximate surface area is 134 Å². The van der Waals surface area contributed by atoms with E-state index in [1.165, 1.54) is 11.1 Å². The zero-order chi connectivity index (χ0) is 15.5. The smallest absolute Gasteiger partial charge is 0.173 e. The van der Waals surface area contributed by atoms with Gasteiger partial charge in [0, 0.05) is 11.4 Å². The molecule has 112 valence electrons. The average molecular weight is 313 g/mol.